The molecule has 0 spiro atoms. The maximum atomic E-state index is 11.4. The normalized spacial score (nSPS) is 12.3. The first-order valence-corrected chi connectivity index (χ1v) is 12.5. The summed E-state index contributed by atoms with van der Waals surface area (Å²) in [4.78, 5) is 15.3. The van der Waals surface area contributed by atoms with Crippen molar-refractivity contribution in [3.8, 4) is 0 Å². The SMILES string of the molecule is CCCCCCCCCCCCCCCCCCCCC(C(=O)O)n1ccnc1. The van der Waals surface area contributed by atoms with Crippen LogP contribution in [0, 0.1) is 0 Å². The third-order valence-corrected chi connectivity index (χ3v) is 6.00. The van der Waals surface area contributed by atoms with E-state index in [9.17, 15) is 9.90 Å². The molecule has 1 aromatic rings. The van der Waals surface area contributed by atoms with Crippen LogP contribution in [0.2, 0.25) is 0 Å². The van der Waals surface area contributed by atoms with Crippen LogP contribution < -0.4 is 0 Å². The van der Waals surface area contributed by atoms with E-state index < -0.39 is 12.0 Å². The molecule has 0 amide bonds. The Labute approximate surface area is 179 Å². The van der Waals surface area contributed by atoms with Gasteiger partial charge in [-0.3, -0.25) is 0 Å². The van der Waals surface area contributed by atoms with E-state index in [-0.39, 0.29) is 0 Å². The Morgan fingerprint density at radius 2 is 1.17 bits per heavy atom. The van der Waals surface area contributed by atoms with Gasteiger partial charge in [0, 0.05) is 12.4 Å². The molecular formula is C25H46N2O2. The number of carboxylic acid groups (broad SMARTS) is 1. The Hall–Kier alpha value is -1.32. The molecule has 0 fully saturated rings. The second kappa shape index (κ2) is 18.7. The van der Waals surface area contributed by atoms with Crippen molar-refractivity contribution >= 4 is 5.97 Å². The van der Waals surface area contributed by atoms with Gasteiger partial charge in [0.15, 0.2) is 0 Å². The number of aromatic nitrogens is 2. The Kier molecular flexibility index (Phi) is 16.6. The molecule has 1 N–H and O–H groups in total. The topological polar surface area (TPSA) is 55.1 Å². The average molecular weight is 407 g/mol. The van der Waals surface area contributed by atoms with E-state index in [1.54, 1.807) is 23.3 Å². The second-order valence-electron chi connectivity index (χ2n) is 8.66. The van der Waals surface area contributed by atoms with E-state index in [1.165, 1.54) is 103 Å². The minimum atomic E-state index is -0.755. The van der Waals surface area contributed by atoms with Crippen molar-refractivity contribution < 1.29 is 9.90 Å². The first-order chi connectivity index (χ1) is 14.3. The van der Waals surface area contributed by atoms with Crippen LogP contribution in [0.1, 0.15) is 135 Å². The van der Waals surface area contributed by atoms with Crippen LogP contribution in [-0.2, 0) is 4.79 Å². The average Bonchev–Trinajstić information content (AvgIpc) is 3.24. The molecule has 0 saturated carbocycles. The number of rotatable bonds is 21. The van der Waals surface area contributed by atoms with Crippen molar-refractivity contribution in [1.29, 1.82) is 0 Å². The van der Waals surface area contributed by atoms with Crippen LogP contribution in [0.4, 0.5) is 0 Å². The van der Waals surface area contributed by atoms with Crippen molar-refractivity contribution in [2.24, 2.45) is 0 Å². The zero-order valence-corrected chi connectivity index (χ0v) is 19.0. The van der Waals surface area contributed by atoms with Gasteiger partial charge in [0.05, 0.1) is 6.33 Å². The molecule has 1 heterocycles. The number of nitrogens with zero attached hydrogens (tertiary/aromatic N) is 2. The molecule has 1 aromatic heterocycles. The number of carbonyl (C=O) groups is 1. The molecule has 4 heteroatoms. The van der Waals surface area contributed by atoms with Crippen LogP contribution >= 0.6 is 0 Å². The fraction of sp³-hybridized carbons (Fsp3) is 0.840. The number of hydrogen-bond donors (Lipinski definition) is 1. The van der Waals surface area contributed by atoms with Gasteiger partial charge in [-0.05, 0) is 6.42 Å². The van der Waals surface area contributed by atoms with Gasteiger partial charge in [-0.25, -0.2) is 9.78 Å². The Morgan fingerprint density at radius 1 is 0.759 bits per heavy atom. The number of carboxylic acids is 1. The summed E-state index contributed by atoms with van der Waals surface area (Å²) in [6, 6.07) is -0.460. The minimum Gasteiger partial charge on any atom is -0.480 e. The molecule has 0 saturated heterocycles. The smallest absolute Gasteiger partial charge is 0.326 e. The first-order valence-electron chi connectivity index (χ1n) is 12.5. The maximum Gasteiger partial charge on any atom is 0.326 e. The van der Waals surface area contributed by atoms with Crippen molar-refractivity contribution in [2.45, 2.75) is 135 Å². The largest absolute Gasteiger partial charge is 0.480 e. The lowest BCUT2D eigenvalue weighted by Gasteiger charge is -2.13. The highest BCUT2D eigenvalue weighted by Gasteiger charge is 2.17. The minimum absolute atomic E-state index is 0.460. The first kappa shape index (κ1) is 25.7. The lowest BCUT2D eigenvalue weighted by molar-refractivity contribution is -0.141. The molecule has 0 aromatic carbocycles. The highest BCUT2D eigenvalue weighted by atomic mass is 16.4. The van der Waals surface area contributed by atoms with Crippen LogP contribution in [0.3, 0.4) is 0 Å². The molecule has 1 rings (SSSR count). The zero-order valence-electron chi connectivity index (χ0n) is 19.0. The standard InChI is InChI=1S/C25H46N2O2/c1-2-3-4-5-6-7-8-9-10-11-12-13-14-15-16-17-18-19-20-24(25(28)29)27-22-21-26-23-27/h21-24H,2-20H2,1H3,(H,28,29). The summed E-state index contributed by atoms with van der Waals surface area (Å²) in [7, 11) is 0. The Morgan fingerprint density at radius 3 is 1.52 bits per heavy atom. The number of unbranched alkanes of at least 4 members (excludes halogenated alkanes) is 17. The highest BCUT2D eigenvalue weighted by molar-refractivity contribution is 5.71. The summed E-state index contributed by atoms with van der Waals surface area (Å²) < 4.78 is 1.70. The summed E-state index contributed by atoms with van der Waals surface area (Å²) in [6.07, 6.45) is 30.1. The number of hydrogen-bond acceptors (Lipinski definition) is 2. The molecule has 0 aliphatic rings. The lowest BCUT2D eigenvalue weighted by Crippen LogP contribution is -2.17. The summed E-state index contributed by atoms with van der Waals surface area (Å²) in [5.41, 5.74) is 0. The second-order valence-corrected chi connectivity index (χ2v) is 8.66. The van der Waals surface area contributed by atoms with Gasteiger partial charge in [0.25, 0.3) is 0 Å². The quantitative estimate of drug-likeness (QED) is 0.211. The van der Waals surface area contributed by atoms with E-state index in [4.69, 9.17) is 0 Å². The van der Waals surface area contributed by atoms with Crippen LogP contribution in [0.25, 0.3) is 0 Å². The van der Waals surface area contributed by atoms with Crippen LogP contribution in [-0.4, -0.2) is 20.6 Å². The molecule has 4 nitrogen and oxygen atoms in total. The van der Waals surface area contributed by atoms with Crippen molar-refractivity contribution in [3.63, 3.8) is 0 Å². The van der Waals surface area contributed by atoms with Gasteiger partial charge in [-0.15, -0.1) is 0 Å². The molecular weight excluding hydrogens is 360 g/mol. The molecule has 168 valence electrons. The van der Waals surface area contributed by atoms with Gasteiger partial charge in [0.2, 0.25) is 0 Å². The molecule has 0 aliphatic carbocycles. The van der Waals surface area contributed by atoms with Gasteiger partial charge in [0.1, 0.15) is 6.04 Å². The van der Waals surface area contributed by atoms with E-state index >= 15 is 0 Å². The lowest BCUT2D eigenvalue weighted by atomic mass is 10.0. The van der Waals surface area contributed by atoms with Gasteiger partial charge in [-0.1, -0.05) is 122 Å². The number of aliphatic carboxylic acids is 1. The molecule has 29 heavy (non-hydrogen) atoms. The predicted octanol–water partition coefficient (Wildman–Crippen LogP) is 7.94. The van der Waals surface area contributed by atoms with E-state index in [0.29, 0.717) is 6.42 Å². The third kappa shape index (κ3) is 14.3. The molecule has 0 radical (unpaired) electrons. The van der Waals surface area contributed by atoms with E-state index in [2.05, 4.69) is 11.9 Å². The summed E-state index contributed by atoms with van der Waals surface area (Å²) in [6.45, 7) is 2.28. The maximum absolute atomic E-state index is 11.4. The molecule has 0 aliphatic heterocycles. The van der Waals surface area contributed by atoms with Gasteiger partial charge >= 0.3 is 5.97 Å². The Balaban J connectivity index is 1.79. The van der Waals surface area contributed by atoms with Gasteiger partial charge < -0.3 is 9.67 Å². The highest BCUT2D eigenvalue weighted by Crippen LogP contribution is 2.18. The monoisotopic (exact) mass is 406 g/mol. The van der Waals surface area contributed by atoms with Crippen LogP contribution in [0.15, 0.2) is 18.7 Å². The number of imidazole rings is 1. The Bertz CT molecular complexity index is 473. The fourth-order valence-corrected chi connectivity index (χ4v) is 4.09. The van der Waals surface area contributed by atoms with E-state index in [0.717, 1.165) is 12.8 Å². The van der Waals surface area contributed by atoms with Crippen molar-refractivity contribution in [1.82, 2.24) is 9.55 Å². The molecule has 1 atom stereocenters. The van der Waals surface area contributed by atoms with Crippen LogP contribution in [0.5, 0.6) is 0 Å². The van der Waals surface area contributed by atoms with E-state index in [1.807, 2.05) is 0 Å². The predicted molar refractivity (Wildman–Crippen MR) is 122 cm³/mol. The van der Waals surface area contributed by atoms with Crippen molar-refractivity contribution in [3.05, 3.63) is 18.7 Å². The zero-order chi connectivity index (χ0) is 21.0. The summed E-state index contributed by atoms with van der Waals surface area (Å²) in [5, 5.41) is 9.34. The summed E-state index contributed by atoms with van der Waals surface area (Å²) >= 11 is 0. The molecule has 0 bridgehead atoms. The fourth-order valence-electron chi connectivity index (χ4n) is 4.09. The van der Waals surface area contributed by atoms with Crippen molar-refractivity contribution in [2.75, 3.05) is 0 Å². The third-order valence-electron chi connectivity index (χ3n) is 6.00. The van der Waals surface area contributed by atoms with Gasteiger partial charge in [-0.2, -0.15) is 0 Å². The molecule has 1 unspecified atom stereocenters. The summed E-state index contributed by atoms with van der Waals surface area (Å²) in [5.74, 6) is -0.755.